The molecule has 4 rings (SSSR count). The first-order chi connectivity index (χ1) is 18.2. The van der Waals surface area contributed by atoms with Crippen molar-refractivity contribution in [1.29, 1.82) is 0 Å². The second-order valence-electron chi connectivity index (χ2n) is 11.3. The van der Waals surface area contributed by atoms with Gasteiger partial charge < -0.3 is 19.6 Å². The Morgan fingerprint density at radius 3 is 2.66 bits per heavy atom. The molecule has 0 saturated carbocycles. The number of nitrogens with zero attached hydrogens (tertiary/aromatic N) is 6. The molecule has 10 heteroatoms. The Morgan fingerprint density at radius 2 is 2.00 bits per heavy atom. The summed E-state index contributed by atoms with van der Waals surface area (Å²) in [6.45, 7) is 14.6. The molecule has 9 nitrogen and oxygen atoms in total. The van der Waals surface area contributed by atoms with Gasteiger partial charge in [0.2, 0.25) is 0 Å². The minimum absolute atomic E-state index is 0.0425. The second kappa shape index (κ2) is 11.9. The molecule has 38 heavy (non-hydrogen) atoms. The first-order valence-corrected chi connectivity index (χ1v) is 13.7. The molecule has 1 aromatic heterocycles. The van der Waals surface area contributed by atoms with Gasteiger partial charge in [-0.1, -0.05) is 13.8 Å². The molecule has 1 unspecified atom stereocenters. The molecular weight excluding hydrogens is 487 g/mol. The molecule has 1 atom stereocenters. The Balaban J connectivity index is 1.51. The van der Waals surface area contributed by atoms with E-state index in [4.69, 9.17) is 4.74 Å². The first-order valence-electron chi connectivity index (χ1n) is 13.7. The molecule has 1 amide bonds. The molecule has 0 bridgehead atoms. The van der Waals surface area contributed by atoms with Crippen molar-refractivity contribution >= 4 is 11.7 Å². The topological polar surface area (TPSA) is 94.9 Å². The third-order valence-electron chi connectivity index (χ3n) is 7.89. The van der Waals surface area contributed by atoms with Crippen molar-refractivity contribution < 1.29 is 19.0 Å². The molecule has 2 aliphatic heterocycles. The molecule has 1 aromatic carbocycles. The van der Waals surface area contributed by atoms with E-state index in [1.807, 2.05) is 20.8 Å². The smallest absolute Gasteiger partial charge is 0.282 e. The SMILES string of the molecule is CCN(C(=O)c1cc(F)ccc1Oc1nncnc1N1CCC2(C1)CN(C(CCCO)C(C)C)C2)C(C)C. The van der Waals surface area contributed by atoms with Gasteiger partial charge in [0.25, 0.3) is 11.8 Å². The lowest BCUT2D eigenvalue weighted by atomic mass is 9.76. The van der Waals surface area contributed by atoms with Crippen molar-refractivity contribution in [3.63, 3.8) is 0 Å². The summed E-state index contributed by atoms with van der Waals surface area (Å²) in [6, 6.07) is 4.38. The summed E-state index contributed by atoms with van der Waals surface area (Å²) in [5.41, 5.74) is 0.331. The predicted molar refractivity (Wildman–Crippen MR) is 144 cm³/mol. The summed E-state index contributed by atoms with van der Waals surface area (Å²) in [4.78, 5) is 24.1. The lowest BCUT2D eigenvalue weighted by molar-refractivity contribution is -0.0349. The van der Waals surface area contributed by atoms with Gasteiger partial charge in [-0.05, 0) is 64.2 Å². The molecule has 2 fully saturated rings. The van der Waals surface area contributed by atoms with Gasteiger partial charge in [0.05, 0.1) is 5.56 Å². The van der Waals surface area contributed by atoms with Crippen LogP contribution >= 0.6 is 0 Å². The van der Waals surface area contributed by atoms with Crippen LogP contribution in [0.15, 0.2) is 24.5 Å². The molecule has 3 heterocycles. The summed E-state index contributed by atoms with van der Waals surface area (Å²) in [5.74, 6) is 0.742. The minimum atomic E-state index is -0.507. The lowest BCUT2D eigenvalue weighted by Gasteiger charge is -2.53. The van der Waals surface area contributed by atoms with Gasteiger partial charge in [-0.15, -0.1) is 10.2 Å². The molecule has 208 valence electrons. The Morgan fingerprint density at radius 1 is 1.24 bits per heavy atom. The standard InChI is InChI=1S/C28H41FN6O3/c1-6-35(20(4)5)27(37)22-14-21(29)9-10-24(22)38-26-25(30-18-31-32-26)33-12-11-28(15-33)16-34(17-28)23(19(2)3)8-7-13-36/h9-10,14,18-20,23,36H,6-8,11-13,15-17H2,1-5H3. The number of halogens is 1. The number of benzene rings is 1. The van der Waals surface area contributed by atoms with Crippen LogP contribution < -0.4 is 9.64 Å². The van der Waals surface area contributed by atoms with Crippen molar-refractivity contribution in [3.05, 3.63) is 35.9 Å². The van der Waals surface area contributed by atoms with Crippen LogP contribution in [0.1, 0.15) is 64.2 Å². The zero-order chi connectivity index (χ0) is 27.4. The van der Waals surface area contributed by atoms with Crippen molar-refractivity contribution in [2.75, 3.05) is 44.2 Å². The quantitative estimate of drug-likeness (QED) is 0.468. The van der Waals surface area contributed by atoms with Gasteiger partial charge in [0, 0.05) is 56.8 Å². The van der Waals surface area contributed by atoms with Crippen molar-refractivity contribution in [3.8, 4) is 11.6 Å². The predicted octanol–water partition coefficient (Wildman–Crippen LogP) is 3.98. The fourth-order valence-corrected chi connectivity index (χ4v) is 5.96. The van der Waals surface area contributed by atoms with Gasteiger partial charge in [-0.25, -0.2) is 9.37 Å². The second-order valence-corrected chi connectivity index (χ2v) is 11.3. The van der Waals surface area contributed by atoms with E-state index in [2.05, 4.69) is 38.8 Å². The number of hydrogen-bond donors (Lipinski definition) is 1. The Labute approximate surface area is 225 Å². The van der Waals surface area contributed by atoms with E-state index in [0.29, 0.717) is 24.3 Å². The van der Waals surface area contributed by atoms with Crippen LogP contribution in [0.25, 0.3) is 0 Å². The molecule has 2 aromatic rings. The number of amides is 1. The zero-order valence-corrected chi connectivity index (χ0v) is 23.2. The maximum atomic E-state index is 14.2. The van der Waals surface area contributed by atoms with Crippen LogP contribution in [-0.2, 0) is 0 Å². The third kappa shape index (κ3) is 5.91. The highest BCUT2D eigenvalue weighted by molar-refractivity contribution is 5.97. The Kier molecular flexibility index (Phi) is 8.82. The highest BCUT2D eigenvalue weighted by Crippen LogP contribution is 2.44. The number of hydrogen-bond acceptors (Lipinski definition) is 8. The van der Waals surface area contributed by atoms with Gasteiger partial charge in [0.1, 0.15) is 17.9 Å². The van der Waals surface area contributed by atoms with E-state index in [9.17, 15) is 14.3 Å². The van der Waals surface area contributed by atoms with Gasteiger partial charge in [-0.3, -0.25) is 9.69 Å². The number of carbonyl (C=O) groups excluding carboxylic acids is 1. The lowest BCUT2D eigenvalue weighted by Crippen LogP contribution is -2.61. The van der Waals surface area contributed by atoms with E-state index in [1.165, 1.54) is 24.5 Å². The third-order valence-corrected chi connectivity index (χ3v) is 7.89. The molecule has 2 aliphatic rings. The molecule has 1 spiro atoms. The van der Waals surface area contributed by atoms with Crippen LogP contribution in [0.3, 0.4) is 0 Å². The highest BCUT2D eigenvalue weighted by atomic mass is 19.1. The largest absolute Gasteiger partial charge is 0.434 e. The summed E-state index contributed by atoms with van der Waals surface area (Å²) in [5, 5.41) is 17.4. The first kappa shape index (κ1) is 28.2. The van der Waals surface area contributed by atoms with Gasteiger partial charge >= 0.3 is 0 Å². The van der Waals surface area contributed by atoms with E-state index in [1.54, 1.807) is 4.90 Å². The Hall–Kier alpha value is -2.85. The van der Waals surface area contributed by atoms with Crippen LogP contribution in [0.4, 0.5) is 10.2 Å². The Bertz CT molecular complexity index is 1110. The monoisotopic (exact) mass is 528 g/mol. The number of ether oxygens (including phenoxy) is 1. The highest BCUT2D eigenvalue weighted by Gasteiger charge is 2.50. The van der Waals surface area contributed by atoms with Crippen LogP contribution in [-0.4, -0.2) is 87.4 Å². The van der Waals surface area contributed by atoms with E-state index < -0.39 is 5.82 Å². The fourth-order valence-electron chi connectivity index (χ4n) is 5.96. The van der Waals surface area contributed by atoms with Crippen LogP contribution in [0, 0.1) is 17.2 Å². The van der Waals surface area contributed by atoms with Crippen molar-refractivity contribution in [2.24, 2.45) is 11.3 Å². The van der Waals surface area contributed by atoms with E-state index in [0.717, 1.165) is 45.4 Å². The molecule has 1 N–H and O–H groups in total. The number of aliphatic hydroxyl groups is 1. The summed E-state index contributed by atoms with van der Waals surface area (Å²) < 4.78 is 20.3. The number of aliphatic hydroxyl groups excluding tert-OH is 1. The number of likely N-dealkylation sites (tertiary alicyclic amines) is 1. The summed E-state index contributed by atoms with van der Waals surface area (Å²) in [7, 11) is 0. The number of aromatic nitrogens is 3. The van der Waals surface area contributed by atoms with Gasteiger partial charge in [-0.2, -0.15) is 0 Å². The van der Waals surface area contributed by atoms with Crippen LogP contribution in [0.5, 0.6) is 11.6 Å². The average molecular weight is 529 g/mol. The zero-order valence-electron chi connectivity index (χ0n) is 23.2. The maximum absolute atomic E-state index is 14.2. The normalized spacial score (nSPS) is 17.8. The van der Waals surface area contributed by atoms with Gasteiger partial charge in [0.15, 0.2) is 5.82 Å². The number of anilines is 1. The minimum Gasteiger partial charge on any atom is -0.434 e. The average Bonchev–Trinajstić information content (AvgIpc) is 3.31. The summed E-state index contributed by atoms with van der Waals surface area (Å²) in [6.07, 6.45) is 4.27. The van der Waals surface area contributed by atoms with Crippen LogP contribution in [0.2, 0.25) is 0 Å². The van der Waals surface area contributed by atoms with Crippen molar-refractivity contribution in [1.82, 2.24) is 25.0 Å². The molecule has 2 saturated heterocycles. The van der Waals surface area contributed by atoms with E-state index in [-0.39, 0.29) is 41.2 Å². The van der Waals surface area contributed by atoms with Crippen molar-refractivity contribution in [2.45, 2.75) is 66.0 Å². The number of carbonyl (C=O) groups is 1. The molecule has 0 radical (unpaired) electrons. The molecular formula is C28H41FN6O3. The fraction of sp³-hybridized carbons (Fsp3) is 0.643. The molecule has 0 aliphatic carbocycles. The maximum Gasteiger partial charge on any atom is 0.282 e. The number of rotatable bonds is 11. The van der Waals surface area contributed by atoms with E-state index >= 15 is 0 Å². The summed E-state index contributed by atoms with van der Waals surface area (Å²) >= 11 is 0.